The lowest BCUT2D eigenvalue weighted by atomic mass is 9.79. The summed E-state index contributed by atoms with van der Waals surface area (Å²) in [5.74, 6) is 2.51. The Hall–Kier alpha value is -0.286. The van der Waals surface area contributed by atoms with Gasteiger partial charge in [-0.2, -0.15) is 0 Å². The fourth-order valence-corrected chi connectivity index (χ4v) is 14.4. The number of allylic oxidation sites excluding steroid dienone is 4. The van der Waals surface area contributed by atoms with E-state index in [1.807, 2.05) is 0 Å². The molecule has 0 aromatic heterocycles. The minimum absolute atomic E-state index is 0.0995. The Morgan fingerprint density at radius 1 is 0.967 bits per heavy atom. The third-order valence-electron chi connectivity index (χ3n) is 8.86. The zero-order chi connectivity index (χ0) is 21.4. The molecule has 0 spiro atoms. The molecule has 0 aromatic carbocycles. The normalized spacial score (nSPS) is 43.4. The van der Waals surface area contributed by atoms with E-state index in [2.05, 4.69) is 38.6 Å². The first-order valence-corrected chi connectivity index (χ1v) is 15.7. The number of hydrogen-bond acceptors (Lipinski definition) is 5. The second kappa shape index (κ2) is 7.10. The Balaban J connectivity index is 1.51. The van der Waals surface area contributed by atoms with Crippen molar-refractivity contribution in [3.05, 3.63) is 23.8 Å². The molecule has 1 aliphatic heterocycles. The Labute approximate surface area is 183 Å². The van der Waals surface area contributed by atoms with Crippen LogP contribution in [0.15, 0.2) is 23.8 Å². The Kier molecular flexibility index (Phi) is 5.10. The second-order valence-electron chi connectivity index (χ2n) is 11.2. The molecule has 7 heteroatoms. The number of fused-ring (bicyclic) bond motifs is 4. The van der Waals surface area contributed by atoms with Crippen molar-refractivity contribution in [1.29, 1.82) is 0 Å². The van der Waals surface area contributed by atoms with Crippen LogP contribution in [0.25, 0.3) is 0 Å². The topological polar surface area (TPSA) is 46.2 Å². The van der Waals surface area contributed by atoms with E-state index >= 15 is 0 Å². The minimum atomic E-state index is -2.90. The van der Waals surface area contributed by atoms with E-state index in [9.17, 15) is 0 Å². The third kappa shape index (κ3) is 2.89. The minimum Gasteiger partial charge on any atom is -0.394 e. The molecule has 5 nitrogen and oxygen atoms in total. The lowest BCUT2D eigenvalue weighted by Crippen LogP contribution is -2.57. The van der Waals surface area contributed by atoms with Gasteiger partial charge in [0.1, 0.15) is 0 Å². The monoisotopic (exact) mass is 450 g/mol. The van der Waals surface area contributed by atoms with Crippen molar-refractivity contribution < 1.29 is 22.1 Å². The lowest BCUT2D eigenvalue weighted by Gasteiger charge is -2.48. The summed E-state index contributed by atoms with van der Waals surface area (Å²) in [5.41, 5.74) is 2.10. The summed E-state index contributed by atoms with van der Waals surface area (Å²) in [6.45, 7) is 8.32. The molecule has 5 aliphatic rings. The molecule has 168 valence electrons. The highest BCUT2D eigenvalue weighted by Crippen LogP contribution is 2.73. The van der Waals surface area contributed by atoms with Crippen molar-refractivity contribution in [2.24, 2.45) is 29.1 Å². The Bertz CT molecular complexity index is 742. The van der Waals surface area contributed by atoms with E-state index in [1.54, 1.807) is 26.9 Å². The highest BCUT2D eigenvalue weighted by molar-refractivity contribution is 6.69. The van der Waals surface area contributed by atoms with Gasteiger partial charge in [-0.15, -0.1) is 0 Å². The van der Waals surface area contributed by atoms with Gasteiger partial charge < -0.3 is 22.1 Å². The van der Waals surface area contributed by atoms with E-state index < -0.39 is 17.4 Å². The van der Waals surface area contributed by atoms with Crippen LogP contribution in [0.4, 0.5) is 0 Å². The summed E-state index contributed by atoms with van der Waals surface area (Å²) in [7, 11) is 0.142. The fourth-order valence-electron chi connectivity index (χ4n) is 7.38. The lowest BCUT2D eigenvalue weighted by molar-refractivity contribution is 0.00739. The van der Waals surface area contributed by atoms with Crippen molar-refractivity contribution in [3.63, 3.8) is 0 Å². The molecule has 0 amide bonds. The first-order chi connectivity index (χ1) is 14.2. The van der Waals surface area contributed by atoms with Gasteiger partial charge in [-0.05, 0) is 55.9 Å². The highest BCUT2D eigenvalue weighted by Gasteiger charge is 2.73. The quantitative estimate of drug-likeness (QED) is 0.434. The van der Waals surface area contributed by atoms with Crippen LogP contribution >= 0.6 is 0 Å². The largest absolute Gasteiger partial charge is 0.510 e. The second-order valence-corrected chi connectivity index (χ2v) is 17.8. The van der Waals surface area contributed by atoms with Crippen LogP contribution in [0.5, 0.6) is 0 Å². The predicted octanol–water partition coefficient (Wildman–Crippen LogP) is 4.68. The van der Waals surface area contributed by atoms with E-state index in [-0.39, 0.29) is 10.5 Å². The summed E-state index contributed by atoms with van der Waals surface area (Å²) in [6.07, 6.45) is 12.1. The Morgan fingerprint density at radius 2 is 1.63 bits per heavy atom. The molecule has 2 saturated carbocycles. The molecule has 1 heterocycles. The predicted molar refractivity (Wildman–Crippen MR) is 120 cm³/mol. The maximum absolute atomic E-state index is 6.56. The van der Waals surface area contributed by atoms with Crippen LogP contribution < -0.4 is 0 Å². The summed E-state index contributed by atoms with van der Waals surface area (Å²) >= 11 is 0. The molecule has 5 rings (SSSR count). The first-order valence-electron chi connectivity index (χ1n) is 11.6. The first kappa shape index (κ1) is 21.6. The maximum atomic E-state index is 6.56. The molecule has 3 fully saturated rings. The fraction of sp³-hybridized carbons (Fsp3) is 0.826. The van der Waals surface area contributed by atoms with Crippen LogP contribution in [0, 0.1) is 29.1 Å². The van der Waals surface area contributed by atoms with Gasteiger partial charge >= 0.3 is 17.4 Å². The molecular formula is C23H38O5Si2. The van der Waals surface area contributed by atoms with Crippen LogP contribution in [0.1, 0.15) is 39.5 Å². The van der Waals surface area contributed by atoms with Gasteiger partial charge in [-0.25, -0.2) is 0 Å². The smallest absolute Gasteiger partial charge is 0.394 e. The van der Waals surface area contributed by atoms with Gasteiger partial charge in [0, 0.05) is 45.5 Å². The molecule has 0 aromatic rings. The average molecular weight is 451 g/mol. The maximum Gasteiger partial charge on any atom is 0.510 e. The SMILES string of the molecule is CO[Si](OC)(OC)C12CC(C=C1C1CC3C=CC1C3)C([Si]1(C)OCC(C)(C)CO1)C2. The summed E-state index contributed by atoms with van der Waals surface area (Å²) in [6, 6.07) is 0. The van der Waals surface area contributed by atoms with Gasteiger partial charge in [0.25, 0.3) is 0 Å². The molecule has 30 heavy (non-hydrogen) atoms. The number of hydrogen-bond donors (Lipinski definition) is 0. The highest BCUT2D eigenvalue weighted by atomic mass is 28.4. The van der Waals surface area contributed by atoms with Gasteiger partial charge in [-0.3, -0.25) is 0 Å². The summed E-state index contributed by atoms with van der Waals surface area (Å²) in [4.78, 5) is 0. The van der Waals surface area contributed by atoms with Crippen LogP contribution in [-0.2, 0) is 22.1 Å². The standard InChI is InChI=1S/C23H38O5Si2/c1-22(2)14-27-29(6,28-15-22)21-13-23(30(24-3,25-4)26-5)12-18(21)11-20(23)19-10-16-7-8-17(19)9-16/h7-8,11,16-19,21H,9-10,12-15H2,1-6H3. The van der Waals surface area contributed by atoms with E-state index in [0.717, 1.165) is 32.0 Å². The van der Waals surface area contributed by atoms with Crippen molar-refractivity contribution in [2.75, 3.05) is 34.5 Å². The third-order valence-corrected chi connectivity index (χ3v) is 15.8. The number of rotatable bonds is 6. The van der Waals surface area contributed by atoms with Gasteiger partial charge in [0.05, 0.1) is 5.04 Å². The van der Waals surface area contributed by atoms with Gasteiger partial charge in [0.2, 0.25) is 0 Å². The molecule has 0 N–H and O–H groups in total. The summed E-state index contributed by atoms with van der Waals surface area (Å²) < 4.78 is 31.7. The average Bonchev–Trinajstić information content (AvgIpc) is 3.51. The van der Waals surface area contributed by atoms with Crippen molar-refractivity contribution in [2.45, 2.75) is 56.7 Å². The zero-order valence-electron chi connectivity index (χ0n) is 19.4. The van der Waals surface area contributed by atoms with E-state index in [1.165, 1.54) is 12.8 Å². The van der Waals surface area contributed by atoms with Crippen LogP contribution in [0.2, 0.25) is 17.1 Å². The molecule has 1 saturated heterocycles. The summed E-state index contributed by atoms with van der Waals surface area (Å²) in [5, 5.41) is -0.140. The van der Waals surface area contributed by atoms with E-state index in [0.29, 0.717) is 23.3 Å². The van der Waals surface area contributed by atoms with Crippen molar-refractivity contribution in [3.8, 4) is 0 Å². The van der Waals surface area contributed by atoms with Gasteiger partial charge in [0.15, 0.2) is 0 Å². The molecule has 0 radical (unpaired) electrons. The van der Waals surface area contributed by atoms with Crippen LogP contribution in [0.3, 0.4) is 0 Å². The zero-order valence-corrected chi connectivity index (χ0v) is 21.4. The van der Waals surface area contributed by atoms with Crippen molar-refractivity contribution >= 4 is 17.4 Å². The molecular weight excluding hydrogens is 412 g/mol. The van der Waals surface area contributed by atoms with Crippen molar-refractivity contribution in [1.82, 2.24) is 0 Å². The van der Waals surface area contributed by atoms with Gasteiger partial charge in [-0.1, -0.05) is 37.6 Å². The molecule has 4 bridgehead atoms. The molecule has 6 atom stereocenters. The van der Waals surface area contributed by atoms with E-state index in [4.69, 9.17) is 22.1 Å². The van der Waals surface area contributed by atoms with Crippen LogP contribution in [-0.4, -0.2) is 51.9 Å². The molecule has 4 aliphatic carbocycles. The Morgan fingerprint density at radius 3 is 2.17 bits per heavy atom. The molecule has 6 unspecified atom stereocenters.